The molecular weight excluding hydrogens is 663 g/mol. The van der Waals surface area contributed by atoms with Gasteiger partial charge in [0.25, 0.3) is 5.60 Å². The Morgan fingerprint density at radius 2 is 1.49 bits per heavy atom. The number of sulfone groups is 1. The van der Waals surface area contributed by atoms with Gasteiger partial charge in [0.2, 0.25) is 0 Å². The number of carboxylic acid groups (broad SMARTS) is 1. The van der Waals surface area contributed by atoms with Gasteiger partial charge in [-0.15, -0.1) is 0 Å². The molecule has 2 aliphatic heterocycles. The number of nitrogens with zero attached hydrogens (tertiary/aromatic N) is 1. The number of hydrogen-bond donors (Lipinski definition) is 2. The summed E-state index contributed by atoms with van der Waals surface area (Å²) in [6, 6.07) is 4.76. The first-order valence-electron chi connectivity index (χ1n) is 14.7. The fourth-order valence-electron chi connectivity index (χ4n) is 7.46. The molecule has 258 valence electrons. The fraction of sp³-hybridized carbons (Fsp3) is 0.548. The smallest absolute Gasteiger partial charge is 0.430 e. The maximum Gasteiger partial charge on any atom is 0.430 e. The zero-order valence-corrected chi connectivity index (χ0v) is 25.8. The molecule has 5 aliphatic rings. The number of aliphatic carboxylic acids is 1. The van der Waals surface area contributed by atoms with Crippen LogP contribution in [0.2, 0.25) is 0 Å². The van der Waals surface area contributed by atoms with E-state index in [0.29, 0.717) is 31.4 Å². The molecule has 3 saturated carbocycles. The van der Waals surface area contributed by atoms with Crippen LogP contribution < -0.4 is 4.74 Å². The predicted octanol–water partition coefficient (Wildman–Crippen LogP) is 5.51. The summed E-state index contributed by atoms with van der Waals surface area (Å²) >= 11 is 0. The monoisotopic (exact) mass is 695 g/mol. The number of carboxylic acids is 1. The molecule has 2 aromatic rings. The molecule has 8 nitrogen and oxygen atoms in total. The number of halogens is 7. The van der Waals surface area contributed by atoms with Crippen molar-refractivity contribution in [1.82, 2.24) is 4.90 Å². The third kappa shape index (κ3) is 5.30. The first kappa shape index (κ1) is 35.1. The number of hydrogen-bond acceptors (Lipinski definition) is 7. The maximum atomic E-state index is 13.8. The van der Waals surface area contributed by atoms with Crippen LogP contribution in [-0.2, 0) is 29.8 Å². The van der Waals surface area contributed by atoms with E-state index in [0.717, 1.165) is 55.9 Å². The van der Waals surface area contributed by atoms with Crippen molar-refractivity contribution >= 4 is 22.1 Å². The third-order valence-corrected chi connectivity index (χ3v) is 13.1. The molecule has 2 aromatic carbocycles. The van der Waals surface area contributed by atoms with Crippen molar-refractivity contribution in [2.45, 2.75) is 78.6 Å². The van der Waals surface area contributed by atoms with E-state index < -0.39 is 67.1 Å². The van der Waals surface area contributed by atoms with Gasteiger partial charge in [0, 0.05) is 23.1 Å². The number of rotatable bonds is 5. The number of carbonyl (C=O) groups excluding carboxylic acids is 1. The normalized spacial score (nSPS) is 29.2. The number of ether oxygens (including phenoxy) is 1. The Labute approximate surface area is 265 Å². The van der Waals surface area contributed by atoms with E-state index in [9.17, 15) is 53.8 Å². The molecule has 0 amide bonds. The zero-order chi connectivity index (χ0) is 34.8. The molecule has 4 fully saturated rings. The summed E-state index contributed by atoms with van der Waals surface area (Å²) in [6.07, 6.45) is -6.77. The average molecular weight is 696 g/mol. The largest absolute Gasteiger partial charge is 0.492 e. The summed E-state index contributed by atoms with van der Waals surface area (Å²) in [4.78, 5) is 23.3. The predicted molar refractivity (Wildman–Crippen MR) is 151 cm³/mol. The summed E-state index contributed by atoms with van der Waals surface area (Å²) in [5.41, 5.74) is -7.51. The van der Waals surface area contributed by atoms with Crippen LogP contribution in [0.4, 0.5) is 30.7 Å². The van der Waals surface area contributed by atoms with Gasteiger partial charge in [-0.25, -0.2) is 12.8 Å². The van der Waals surface area contributed by atoms with E-state index in [1.165, 1.54) is 0 Å². The molecular formula is C31H32F7NO7S. The minimum Gasteiger partial charge on any atom is -0.492 e. The molecule has 47 heavy (non-hydrogen) atoms. The van der Waals surface area contributed by atoms with E-state index in [1.54, 1.807) is 11.9 Å². The fourth-order valence-corrected chi connectivity index (χ4v) is 9.80. The minimum absolute atomic E-state index is 0.0353. The third-order valence-electron chi connectivity index (χ3n) is 10.6. The van der Waals surface area contributed by atoms with Crippen molar-refractivity contribution in [2.75, 3.05) is 20.2 Å². The zero-order valence-electron chi connectivity index (χ0n) is 25.0. The van der Waals surface area contributed by atoms with E-state index in [1.807, 2.05) is 0 Å². The van der Waals surface area contributed by atoms with Crippen molar-refractivity contribution in [2.24, 2.45) is 10.8 Å². The van der Waals surface area contributed by atoms with Gasteiger partial charge < -0.3 is 19.7 Å². The van der Waals surface area contributed by atoms with Crippen molar-refractivity contribution in [3.8, 4) is 5.75 Å². The summed E-state index contributed by atoms with van der Waals surface area (Å²) < 4.78 is 125. The van der Waals surface area contributed by atoms with Crippen LogP contribution in [0.25, 0.3) is 0 Å². The molecule has 2 atom stereocenters. The average Bonchev–Trinajstić information content (AvgIpc) is 3.38. The Kier molecular flexibility index (Phi) is 8.53. The molecule has 2 bridgehead atoms. The Morgan fingerprint density at radius 3 is 1.98 bits per heavy atom. The van der Waals surface area contributed by atoms with Gasteiger partial charge in [-0.1, -0.05) is 12.1 Å². The van der Waals surface area contributed by atoms with E-state index in [2.05, 4.69) is 0 Å². The molecule has 2 unspecified atom stereocenters. The Morgan fingerprint density at radius 1 is 0.936 bits per heavy atom. The molecule has 3 aliphatic carbocycles. The van der Waals surface area contributed by atoms with Gasteiger partial charge in [0.15, 0.2) is 9.84 Å². The number of carbonyl (C=O) groups is 2. The Hall–Kier alpha value is -3.24. The van der Waals surface area contributed by atoms with Crippen molar-refractivity contribution in [3.63, 3.8) is 0 Å². The summed E-state index contributed by atoms with van der Waals surface area (Å²) in [5.74, 6) is -1.86. The number of aldehydes is 1. The lowest BCUT2D eigenvalue weighted by molar-refractivity contribution is -0.376. The van der Waals surface area contributed by atoms with Crippen molar-refractivity contribution < 1.29 is 63.7 Å². The van der Waals surface area contributed by atoms with Gasteiger partial charge in [0.05, 0.1) is 16.4 Å². The number of benzene rings is 2. The topological polar surface area (TPSA) is 121 Å². The van der Waals surface area contributed by atoms with Crippen LogP contribution in [0.15, 0.2) is 47.4 Å². The van der Waals surface area contributed by atoms with Crippen LogP contribution in [0.5, 0.6) is 5.75 Å². The maximum absolute atomic E-state index is 13.8. The summed E-state index contributed by atoms with van der Waals surface area (Å²) in [5, 5.41) is 18.8. The molecule has 0 spiro atoms. The highest BCUT2D eigenvalue weighted by atomic mass is 32.2. The van der Waals surface area contributed by atoms with Gasteiger partial charge in [-0.3, -0.25) is 9.69 Å². The van der Waals surface area contributed by atoms with Gasteiger partial charge >= 0.3 is 18.3 Å². The molecule has 16 heteroatoms. The van der Waals surface area contributed by atoms with Crippen LogP contribution in [0.3, 0.4) is 0 Å². The minimum atomic E-state index is -6.11. The van der Waals surface area contributed by atoms with Gasteiger partial charge in [0.1, 0.15) is 29.2 Å². The van der Waals surface area contributed by atoms with Crippen LogP contribution in [-0.4, -0.2) is 74.4 Å². The molecule has 7 rings (SSSR count). The molecule has 2 heterocycles. The molecule has 0 aromatic heterocycles. The Bertz CT molecular complexity index is 1620. The number of fused-ring (bicyclic) bond motifs is 6. The lowest BCUT2D eigenvalue weighted by Crippen LogP contribution is -2.54. The second-order valence-electron chi connectivity index (χ2n) is 12.9. The number of likely N-dealkylation sites (tertiary alicyclic amines) is 1. The van der Waals surface area contributed by atoms with Crippen LogP contribution >= 0.6 is 0 Å². The highest BCUT2D eigenvalue weighted by Gasteiger charge is 2.72. The summed E-state index contributed by atoms with van der Waals surface area (Å²) in [6.45, 7) is -0.103. The highest BCUT2D eigenvalue weighted by Crippen LogP contribution is 2.57. The second-order valence-corrected chi connectivity index (χ2v) is 15.1. The first-order chi connectivity index (χ1) is 21.7. The highest BCUT2D eigenvalue weighted by molar-refractivity contribution is 7.92. The van der Waals surface area contributed by atoms with Crippen molar-refractivity contribution in [1.29, 1.82) is 0 Å². The molecule has 0 radical (unpaired) electrons. The number of aliphatic hydroxyl groups is 1. The lowest BCUT2D eigenvalue weighted by atomic mass is 9.54. The quantitative estimate of drug-likeness (QED) is 0.239. The van der Waals surface area contributed by atoms with Crippen LogP contribution in [0, 0.1) is 16.6 Å². The second kappa shape index (κ2) is 11.4. The first-order valence-corrected chi connectivity index (χ1v) is 16.2. The summed E-state index contributed by atoms with van der Waals surface area (Å²) in [7, 11) is -2.71. The van der Waals surface area contributed by atoms with E-state index >= 15 is 0 Å². The Balaban J connectivity index is 0.000000277. The van der Waals surface area contributed by atoms with E-state index in [4.69, 9.17) is 9.84 Å². The van der Waals surface area contributed by atoms with Crippen LogP contribution in [0.1, 0.15) is 56.1 Å². The van der Waals surface area contributed by atoms with Gasteiger partial charge in [-0.05, 0) is 82.3 Å². The SMILES string of the molecule is CN1CCC2(S(=O)(=O)c3ccc(F)cc3)c3ccc(C(O)(C(F)(F)F)C(F)(F)F)cc3OCC12.O=CC12CCC(C(=O)O)(CC1)CC2. The standard InChI is InChI=1S/C21H18F7NO4S.C10H14O3/c1-29-9-8-18(34(31,32)14-5-3-13(22)4-6-14)15-7-2-12(10-16(15)33-11-17(18)29)19(30,20(23,24)25)21(26,27)28;11-7-9-1-4-10(5-2-9,6-3-9)8(12)13/h2-7,10,17,30H,8-9,11H2,1H3;7H,1-6H2,(H,12,13). The molecule has 1 saturated heterocycles. The lowest BCUT2D eigenvalue weighted by Gasteiger charge is -2.48. The molecule has 2 N–H and O–H groups in total. The van der Waals surface area contributed by atoms with E-state index in [-0.39, 0.29) is 35.4 Å². The number of alkyl halides is 6. The van der Waals surface area contributed by atoms with Gasteiger partial charge in [-0.2, -0.15) is 26.3 Å². The van der Waals surface area contributed by atoms with Crippen molar-refractivity contribution in [3.05, 3.63) is 59.4 Å². The number of likely N-dealkylation sites (N-methyl/N-ethyl adjacent to an activating group) is 1.